The van der Waals surface area contributed by atoms with Crippen LogP contribution in [0.25, 0.3) is 17.1 Å². The number of amides is 1. The lowest BCUT2D eigenvalue weighted by atomic mass is 9.99. The monoisotopic (exact) mass is 550 g/mol. The van der Waals surface area contributed by atoms with E-state index in [0.29, 0.717) is 18.1 Å². The lowest BCUT2D eigenvalue weighted by Crippen LogP contribution is -2.60. The molecule has 1 fully saturated rings. The molecule has 214 valence electrons. The Morgan fingerprint density at radius 3 is 2.40 bits per heavy atom. The van der Waals surface area contributed by atoms with Crippen molar-refractivity contribution in [1.29, 1.82) is 0 Å². The van der Waals surface area contributed by atoms with Gasteiger partial charge in [0, 0.05) is 38.6 Å². The van der Waals surface area contributed by atoms with Crippen LogP contribution in [0.1, 0.15) is 25.8 Å². The van der Waals surface area contributed by atoms with Crippen LogP contribution >= 0.6 is 0 Å². The summed E-state index contributed by atoms with van der Waals surface area (Å²) >= 11 is 0. The molecule has 5 atom stereocenters. The van der Waals surface area contributed by atoms with Crippen LogP contribution < -0.4 is 4.90 Å². The van der Waals surface area contributed by atoms with E-state index in [1.54, 1.807) is 24.2 Å². The SMILES string of the molecule is C=CCN(C(=O)O[C@@H]1O[C@@H](C)[C@H](OC)[C@@H](OCCC)[C@H]1OC)c1ccc(-c2ncn(-c3ccc(C)cc3)n2)cc1. The number of aromatic nitrogens is 3. The first-order valence-electron chi connectivity index (χ1n) is 13.4. The molecule has 2 heterocycles. The van der Waals surface area contributed by atoms with Crippen molar-refractivity contribution in [2.45, 2.75) is 57.9 Å². The van der Waals surface area contributed by atoms with Crippen LogP contribution in [0.4, 0.5) is 10.5 Å². The van der Waals surface area contributed by atoms with Crippen LogP contribution in [0.3, 0.4) is 0 Å². The third kappa shape index (κ3) is 6.59. The van der Waals surface area contributed by atoms with Gasteiger partial charge in [0.2, 0.25) is 6.29 Å². The smallest absolute Gasteiger partial charge is 0.416 e. The summed E-state index contributed by atoms with van der Waals surface area (Å²) in [5.41, 5.74) is 3.53. The number of carbonyl (C=O) groups excluding carboxylic acids is 1. The third-order valence-electron chi connectivity index (χ3n) is 6.76. The van der Waals surface area contributed by atoms with Gasteiger partial charge in [-0.2, -0.15) is 0 Å². The van der Waals surface area contributed by atoms with Gasteiger partial charge in [-0.3, -0.25) is 4.90 Å². The summed E-state index contributed by atoms with van der Waals surface area (Å²) < 4.78 is 30.9. The van der Waals surface area contributed by atoms with Gasteiger partial charge >= 0.3 is 6.09 Å². The molecular formula is C30H38N4O6. The van der Waals surface area contributed by atoms with Crippen molar-refractivity contribution in [2.24, 2.45) is 0 Å². The van der Waals surface area contributed by atoms with Crippen molar-refractivity contribution in [3.8, 4) is 17.1 Å². The zero-order valence-corrected chi connectivity index (χ0v) is 23.7. The molecule has 0 unspecified atom stereocenters. The highest BCUT2D eigenvalue weighted by molar-refractivity contribution is 5.88. The van der Waals surface area contributed by atoms with E-state index in [9.17, 15) is 4.79 Å². The molecule has 0 bridgehead atoms. The van der Waals surface area contributed by atoms with E-state index in [4.69, 9.17) is 23.7 Å². The van der Waals surface area contributed by atoms with Crippen LogP contribution in [0, 0.1) is 6.92 Å². The van der Waals surface area contributed by atoms with Crippen LogP contribution in [0.5, 0.6) is 0 Å². The van der Waals surface area contributed by atoms with Gasteiger partial charge in [-0.05, 0) is 56.7 Å². The van der Waals surface area contributed by atoms with Crippen molar-refractivity contribution in [3.05, 3.63) is 73.1 Å². The fourth-order valence-electron chi connectivity index (χ4n) is 4.67. The molecule has 1 aliphatic heterocycles. The maximum Gasteiger partial charge on any atom is 0.416 e. The normalized spacial score (nSPS) is 22.6. The minimum absolute atomic E-state index is 0.231. The molecule has 1 aliphatic rings. The highest BCUT2D eigenvalue weighted by Gasteiger charge is 2.48. The van der Waals surface area contributed by atoms with Crippen LogP contribution in [0.15, 0.2) is 67.5 Å². The van der Waals surface area contributed by atoms with Crippen LogP contribution in [-0.2, 0) is 23.7 Å². The standard InChI is InChI=1S/C30H38N4O6/c1-7-17-33(30(35)40-29-27(37-6)26(38-18-8-2)25(36-5)21(4)39-29)23-15-11-22(12-16-23)28-31-19-34(32-28)24-13-9-20(3)10-14-24/h7,9-16,19,21,25-27,29H,1,8,17-18H2,2-6H3/t21-,25-,26+,27+,29-/m0/s1. The molecule has 10 heteroatoms. The number of hydrogen-bond donors (Lipinski definition) is 0. The molecule has 0 spiro atoms. The van der Waals surface area contributed by atoms with Gasteiger partial charge in [-0.1, -0.05) is 30.7 Å². The summed E-state index contributed by atoms with van der Waals surface area (Å²) in [6.07, 6.45) is 0.677. The van der Waals surface area contributed by atoms with Crippen molar-refractivity contribution in [1.82, 2.24) is 14.8 Å². The molecule has 1 saturated heterocycles. The van der Waals surface area contributed by atoms with Crippen LogP contribution in [-0.4, -0.2) is 78.9 Å². The minimum Gasteiger partial charge on any atom is -0.416 e. The first-order chi connectivity index (χ1) is 19.4. The Morgan fingerprint density at radius 2 is 1.77 bits per heavy atom. The Bertz CT molecular complexity index is 1250. The average molecular weight is 551 g/mol. The molecule has 1 aromatic heterocycles. The molecule has 10 nitrogen and oxygen atoms in total. The van der Waals surface area contributed by atoms with E-state index in [2.05, 4.69) is 16.7 Å². The number of ether oxygens (including phenoxy) is 5. The highest BCUT2D eigenvalue weighted by Crippen LogP contribution is 2.29. The van der Waals surface area contributed by atoms with Crippen molar-refractivity contribution in [3.63, 3.8) is 0 Å². The van der Waals surface area contributed by atoms with Crippen molar-refractivity contribution >= 4 is 11.8 Å². The predicted molar refractivity (Wildman–Crippen MR) is 152 cm³/mol. The van der Waals surface area contributed by atoms with Gasteiger partial charge < -0.3 is 23.7 Å². The first-order valence-corrected chi connectivity index (χ1v) is 13.4. The number of methoxy groups -OCH3 is 2. The molecule has 0 saturated carbocycles. The third-order valence-corrected chi connectivity index (χ3v) is 6.76. The zero-order chi connectivity index (χ0) is 28.6. The number of hydrogen-bond acceptors (Lipinski definition) is 8. The van der Waals surface area contributed by atoms with E-state index < -0.39 is 24.6 Å². The van der Waals surface area contributed by atoms with Gasteiger partial charge in [0.05, 0.1) is 11.8 Å². The zero-order valence-electron chi connectivity index (χ0n) is 23.7. The van der Waals surface area contributed by atoms with E-state index in [1.165, 1.54) is 17.6 Å². The summed E-state index contributed by atoms with van der Waals surface area (Å²) in [4.78, 5) is 19.3. The molecule has 40 heavy (non-hydrogen) atoms. The number of carbonyl (C=O) groups is 1. The minimum atomic E-state index is -0.984. The fourth-order valence-corrected chi connectivity index (χ4v) is 4.67. The molecule has 0 aliphatic carbocycles. The van der Waals surface area contributed by atoms with E-state index in [1.807, 2.05) is 69.3 Å². The number of anilines is 1. The van der Waals surface area contributed by atoms with Gasteiger partial charge in [0.15, 0.2) is 5.82 Å². The van der Waals surface area contributed by atoms with Crippen molar-refractivity contribution in [2.75, 3.05) is 32.3 Å². The molecular weight excluding hydrogens is 512 g/mol. The molecule has 3 aromatic rings. The maximum absolute atomic E-state index is 13.4. The molecule has 1 amide bonds. The van der Waals surface area contributed by atoms with E-state index >= 15 is 0 Å². The second-order valence-corrected chi connectivity index (χ2v) is 9.62. The Morgan fingerprint density at radius 1 is 1.07 bits per heavy atom. The van der Waals surface area contributed by atoms with E-state index in [-0.39, 0.29) is 18.8 Å². The Hall–Kier alpha value is -3.57. The number of benzene rings is 2. The summed E-state index contributed by atoms with van der Waals surface area (Å²) in [6, 6.07) is 15.4. The van der Waals surface area contributed by atoms with Gasteiger partial charge in [0.1, 0.15) is 24.6 Å². The lowest BCUT2D eigenvalue weighted by molar-refractivity contribution is -0.293. The molecule has 4 rings (SSSR count). The number of aryl methyl sites for hydroxylation is 1. The second kappa shape index (κ2) is 13.7. The number of rotatable bonds is 11. The molecule has 2 aromatic carbocycles. The Balaban J connectivity index is 1.49. The summed E-state index contributed by atoms with van der Waals surface area (Å²) in [5, 5.41) is 4.60. The quantitative estimate of drug-likeness (QED) is 0.310. The summed E-state index contributed by atoms with van der Waals surface area (Å²) in [7, 11) is 3.14. The second-order valence-electron chi connectivity index (χ2n) is 9.62. The topological polar surface area (TPSA) is 97.2 Å². The van der Waals surface area contributed by atoms with Gasteiger partial charge in [-0.25, -0.2) is 14.5 Å². The number of nitrogens with zero attached hydrogens (tertiary/aromatic N) is 4. The molecule has 0 N–H and O–H groups in total. The fraction of sp³-hybridized carbons (Fsp3) is 0.433. The predicted octanol–water partition coefficient (Wildman–Crippen LogP) is 4.94. The van der Waals surface area contributed by atoms with Crippen molar-refractivity contribution < 1.29 is 28.5 Å². The van der Waals surface area contributed by atoms with Gasteiger partial charge in [0.25, 0.3) is 0 Å². The average Bonchev–Trinajstić information content (AvgIpc) is 3.45. The van der Waals surface area contributed by atoms with Crippen LogP contribution in [0.2, 0.25) is 0 Å². The highest BCUT2D eigenvalue weighted by atomic mass is 16.7. The Labute approximate surface area is 235 Å². The maximum atomic E-state index is 13.4. The lowest BCUT2D eigenvalue weighted by Gasteiger charge is -2.44. The van der Waals surface area contributed by atoms with Gasteiger partial charge in [-0.15, -0.1) is 11.7 Å². The summed E-state index contributed by atoms with van der Waals surface area (Å²) in [6.45, 7) is 10.5. The first kappa shape index (κ1) is 29.4. The Kier molecular flexibility index (Phi) is 10.1. The van der Waals surface area contributed by atoms with E-state index in [0.717, 1.165) is 17.7 Å². The molecule has 0 radical (unpaired) electrons. The largest absolute Gasteiger partial charge is 0.416 e. The summed E-state index contributed by atoms with van der Waals surface area (Å²) in [5.74, 6) is 0.573.